The van der Waals surface area contributed by atoms with E-state index in [9.17, 15) is 4.79 Å². The molecule has 4 nitrogen and oxygen atoms in total. The van der Waals surface area contributed by atoms with Crippen molar-refractivity contribution >= 4 is 5.78 Å². The van der Waals surface area contributed by atoms with Gasteiger partial charge in [0.05, 0.1) is 13.5 Å². The first-order chi connectivity index (χ1) is 9.24. The molecular weight excluding hydrogens is 240 g/mol. The van der Waals surface area contributed by atoms with E-state index < -0.39 is 0 Å². The van der Waals surface area contributed by atoms with E-state index in [0.29, 0.717) is 12.0 Å². The van der Waals surface area contributed by atoms with Gasteiger partial charge in [-0.2, -0.15) is 0 Å². The summed E-state index contributed by atoms with van der Waals surface area (Å²) in [5, 5.41) is 0. The third-order valence-electron chi connectivity index (χ3n) is 3.00. The molecule has 0 atom stereocenters. The average molecular weight is 258 g/mol. The number of aryl methyl sites for hydroxylation is 1. The summed E-state index contributed by atoms with van der Waals surface area (Å²) in [6.45, 7) is 3.00. The number of carbonyl (C=O) groups excluding carboxylic acids is 1. The van der Waals surface area contributed by atoms with E-state index in [1.165, 1.54) is 0 Å². The number of carbonyl (C=O) groups is 1. The number of hydrogen-bond acceptors (Lipinski definition) is 3. The Kier molecular flexibility index (Phi) is 4.34. The quantitative estimate of drug-likeness (QED) is 0.748. The van der Waals surface area contributed by atoms with E-state index in [2.05, 4.69) is 11.9 Å². The van der Waals surface area contributed by atoms with Gasteiger partial charge < -0.3 is 9.30 Å². The molecule has 2 rings (SSSR count). The van der Waals surface area contributed by atoms with E-state index in [4.69, 9.17) is 4.74 Å². The number of benzene rings is 1. The van der Waals surface area contributed by atoms with Crippen LogP contribution in [0.1, 0.15) is 29.5 Å². The van der Waals surface area contributed by atoms with Crippen LogP contribution in [-0.2, 0) is 13.0 Å². The van der Waals surface area contributed by atoms with Gasteiger partial charge in [-0.1, -0.05) is 6.92 Å². The monoisotopic (exact) mass is 258 g/mol. The molecular formula is C15H18N2O2. The second kappa shape index (κ2) is 6.18. The predicted octanol–water partition coefficient (Wildman–Crippen LogP) is 2.73. The predicted molar refractivity (Wildman–Crippen MR) is 73.5 cm³/mol. The highest BCUT2D eigenvalue weighted by molar-refractivity contribution is 5.97. The number of hydrogen-bond donors (Lipinski definition) is 0. The lowest BCUT2D eigenvalue weighted by molar-refractivity contribution is 0.0989. The number of ether oxygens (including phenoxy) is 1. The van der Waals surface area contributed by atoms with E-state index >= 15 is 0 Å². The zero-order valence-electron chi connectivity index (χ0n) is 11.3. The number of Topliss-reactive ketones (excluding diaryl/α,β-unsaturated/α-hetero) is 1. The number of rotatable bonds is 6. The number of methoxy groups -OCH3 is 1. The topological polar surface area (TPSA) is 44.1 Å². The molecule has 0 N–H and O–H groups in total. The van der Waals surface area contributed by atoms with Gasteiger partial charge in [-0.3, -0.25) is 4.79 Å². The van der Waals surface area contributed by atoms with E-state index in [1.54, 1.807) is 37.6 Å². The van der Waals surface area contributed by atoms with Crippen LogP contribution in [0.2, 0.25) is 0 Å². The first-order valence-electron chi connectivity index (χ1n) is 6.42. The van der Waals surface area contributed by atoms with Crippen LogP contribution in [0.25, 0.3) is 0 Å². The Morgan fingerprint density at radius 1 is 1.32 bits per heavy atom. The first-order valence-corrected chi connectivity index (χ1v) is 6.42. The van der Waals surface area contributed by atoms with Crippen LogP contribution in [0, 0.1) is 0 Å². The van der Waals surface area contributed by atoms with Gasteiger partial charge in [0, 0.05) is 24.5 Å². The van der Waals surface area contributed by atoms with Gasteiger partial charge in [-0.15, -0.1) is 0 Å². The van der Waals surface area contributed by atoms with Crippen molar-refractivity contribution in [3.63, 3.8) is 0 Å². The molecule has 0 aliphatic carbocycles. The molecule has 0 aliphatic heterocycles. The van der Waals surface area contributed by atoms with Crippen molar-refractivity contribution in [2.75, 3.05) is 7.11 Å². The first kappa shape index (κ1) is 13.3. The molecule has 1 aromatic carbocycles. The molecule has 0 bridgehead atoms. The highest BCUT2D eigenvalue weighted by Gasteiger charge is 2.11. The summed E-state index contributed by atoms with van der Waals surface area (Å²) in [4.78, 5) is 16.4. The molecule has 100 valence electrons. The van der Waals surface area contributed by atoms with Gasteiger partial charge in [-0.05, 0) is 30.7 Å². The van der Waals surface area contributed by atoms with Crippen molar-refractivity contribution in [3.05, 3.63) is 48.0 Å². The van der Waals surface area contributed by atoms with Gasteiger partial charge >= 0.3 is 0 Å². The van der Waals surface area contributed by atoms with Crippen molar-refractivity contribution in [3.8, 4) is 5.75 Å². The van der Waals surface area contributed by atoms with Gasteiger partial charge in [-0.25, -0.2) is 4.98 Å². The number of imidazole rings is 1. The minimum Gasteiger partial charge on any atom is -0.497 e. The lowest BCUT2D eigenvalue weighted by Gasteiger charge is -2.06. The molecule has 0 unspecified atom stereocenters. The van der Waals surface area contributed by atoms with Crippen molar-refractivity contribution < 1.29 is 9.53 Å². The molecule has 0 saturated heterocycles. The third-order valence-corrected chi connectivity index (χ3v) is 3.00. The summed E-state index contributed by atoms with van der Waals surface area (Å²) in [7, 11) is 1.61. The molecule has 2 aromatic rings. The number of ketones is 1. The fraction of sp³-hybridized carbons (Fsp3) is 0.333. The maximum Gasteiger partial charge on any atom is 0.170 e. The van der Waals surface area contributed by atoms with Crippen molar-refractivity contribution in [1.82, 2.24) is 9.55 Å². The van der Waals surface area contributed by atoms with Crippen LogP contribution in [0.3, 0.4) is 0 Å². The summed E-state index contributed by atoms with van der Waals surface area (Å²) in [6.07, 6.45) is 5.02. The fourth-order valence-corrected chi connectivity index (χ4v) is 1.97. The molecule has 1 aromatic heterocycles. The number of aromatic nitrogens is 2. The Morgan fingerprint density at radius 2 is 2.05 bits per heavy atom. The molecule has 0 saturated carbocycles. The van der Waals surface area contributed by atoms with E-state index in [0.717, 1.165) is 24.5 Å². The zero-order chi connectivity index (χ0) is 13.7. The van der Waals surface area contributed by atoms with Crippen molar-refractivity contribution in [1.29, 1.82) is 0 Å². The summed E-state index contributed by atoms with van der Waals surface area (Å²) in [5.41, 5.74) is 0.687. The lowest BCUT2D eigenvalue weighted by Crippen LogP contribution is -2.10. The summed E-state index contributed by atoms with van der Waals surface area (Å²) in [6, 6.07) is 7.17. The Morgan fingerprint density at radius 3 is 2.68 bits per heavy atom. The van der Waals surface area contributed by atoms with Crippen LogP contribution in [0.15, 0.2) is 36.7 Å². The van der Waals surface area contributed by atoms with Gasteiger partial charge in [0.1, 0.15) is 11.6 Å². The molecule has 1 heterocycles. The normalized spacial score (nSPS) is 10.4. The standard InChI is InChI=1S/C15H18N2O2/c1-3-9-17-10-8-16-15(17)11-14(18)12-4-6-13(19-2)7-5-12/h4-8,10H,3,9,11H2,1-2H3. The molecule has 0 amide bonds. The van der Waals surface area contributed by atoms with E-state index in [1.807, 2.05) is 10.8 Å². The Bertz CT molecular complexity index is 544. The number of nitrogens with zero attached hydrogens (tertiary/aromatic N) is 2. The average Bonchev–Trinajstić information content (AvgIpc) is 2.86. The zero-order valence-corrected chi connectivity index (χ0v) is 11.3. The smallest absolute Gasteiger partial charge is 0.170 e. The third kappa shape index (κ3) is 3.22. The molecule has 0 aliphatic rings. The van der Waals surface area contributed by atoms with Crippen LogP contribution in [0.4, 0.5) is 0 Å². The minimum absolute atomic E-state index is 0.0752. The fourth-order valence-electron chi connectivity index (χ4n) is 1.97. The van der Waals surface area contributed by atoms with Crippen LogP contribution in [0.5, 0.6) is 5.75 Å². The van der Waals surface area contributed by atoms with Crippen molar-refractivity contribution in [2.24, 2.45) is 0 Å². The Labute approximate surface area is 113 Å². The Balaban J connectivity index is 2.09. The molecule has 19 heavy (non-hydrogen) atoms. The second-order valence-electron chi connectivity index (χ2n) is 4.37. The van der Waals surface area contributed by atoms with Crippen LogP contribution in [-0.4, -0.2) is 22.4 Å². The molecule has 0 spiro atoms. The maximum atomic E-state index is 12.2. The van der Waals surface area contributed by atoms with Gasteiger partial charge in [0.25, 0.3) is 0 Å². The Hall–Kier alpha value is -2.10. The summed E-state index contributed by atoms with van der Waals surface area (Å²) >= 11 is 0. The van der Waals surface area contributed by atoms with Crippen LogP contribution < -0.4 is 4.74 Å². The second-order valence-corrected chi connectivity index (χ2v) is 4.37. The largest absolute Gasteiger partial charge is 0.497 e. The molecule has 0 radical (unpaired) electrons. The molecule has 4 heteroatoms. The highest BCUT2D eigenvalue weighted by atomic mass is 16.5. The maximum absolute atomic E-state index is 12.2. The SMILES string of the molecule is CCCn1ccnc1CC(=O)c1ccc(OC)cc1. The van der Waals surface area contributed by atoms with Crippen molar-refractivity contribution in [2.45, 2.75) is 26.3 Å². The summed E-state index contributed by atoms with van der Waals surface area (Å²) < 4.78 is 7.11. The van der Waals surface area contributed by atoms with Gasteiger partial charge in [0.2, 0.25) is 0 Å². The highest BCUT2D eigenvalue weighted by Crippen LogP contribution is 2.13. The summed E-state index contributed by atoms with van der Waals surface area (Å²) in [5.74, 6) is 1.65. The molecule has 0 fully saturated rings. The minimum atomic E-state index is 0.0752. The van der Waals surface area contributed by atoms with E-state index in [-0.39, 0.29) is 5.78 Å². The van der Waals surface area contributed by atoms with Crippen LogP contribution >= 0.6 is 0 Å². The lowest BCUT2D eigenvalue weighted by atomic mass is 10.1. The van der Waals surface area contributed by atoms with Gasteiger partial charge in [0.15, 0.2) is 5.78 Å².